The maximum absolute atomic E-state index is 14.5. The summed E-state index contributed by atoms with van der Waals surface area (Å²) in [6, 6.07) is 8.74. The predicted molar refractivity (Wildman–Crippen MR) is 143 cm³/mol. The van der Waals surface area contributed by atoms with Crippen molar-refractivity contribution in [3.05, 3.63) is 41.7 Å². The van der Waals surface area contributed by atoms with E-state index in [1.54, 1.807) is 14.2 Å². The minimum atomic E-state index is -5.08. The van der Waals surface area contributed by atoms with Gasteiger partial charge in [-0.05, 0) is 57.0 Å². The van der Waals surface area contributed by atoms with Crippen molar-refractivity contribution in [3.63, 3.8) is 0 Å². The molecule has 2 heterocycles. The van der Waals surface area contributed by atoms with E-state index in [2.05, 4.69) is 34.7 Å². The Kier molecular flexibility index (Phi) is 9.24. The Morgan fingerprint density at radius 3 is 2.31 bits per heavy atom. The monoisotopic (exact) mass is 599 g/mol. The maximum atomic E-state index is 14.5. The fraction of sp³-hybridized carbons (Fsp3) is 0.500. The van der Waals surface area contributed by atoms with Gasteiger partial charge in [0, 0.05) is 29.6 Å². The van der Waals surface area contributed by atoms with Crippen molar-refractivity contribution in [3.8, 4) is 23.0 Å². The number of nitrogens with one attached hydrogen (secondary N) is 2. The van der Waals surface area contributed by atoms with Gasteiger partial charge in [0.15, 0.2) is 28.8 Å². The smallest absolute Gasteiger partial charge is 0.490 e. The third-order valence-corrected chi connectivity index (χ3v) is 7.94. The van der Waals surface area contributed by atoms with Crippen molar-refractivity contribution in [1.82, 2.24) is 10.2 Å². The third-order valence-electron chi connectivity index (χ3n) is 7.94. The summed E-state index contributed by atoms with van der Waals surface area (Å²) in [7, 11) is 5.43. The Morgan fingerprint density at radius 2 is 1.69 bits per heavy atom. The number of likely N-dealkylation sites (N-methyl/N-ethyl adjacent to an activating group) is 1. The molecule has 42 heavy (non-hydrogen) atoms. The lowest BCUT2D eigenvalue weighted by molar-refractivity contribution is -0.192. The van der Waals surface area contributed by atoms with Gasteiger partial charge in [0.2, 0.25) is 0 Å². The highest BCUT2D eigenvalue weighted by atomic mass is 19.4. The average Bonchev–Trinajstić information content (AvgIpc) is 3.29. The molecule has 0 aromatic heterocycles. The molecule has 3 atom stereocenters. The number of hydrogen-bond acceptors (Lipinski definition) is 7. The van der Waals surface area contributed by atoms with Gasteiger partial charge in [0.05, 0.1) is 19.9 Å². The van der Waals surface area contributed by atoms with Crippen LogP contribution in [0.1, 0.15) is 31.2 Å². The van der Waals surface area contributed by atoms with Gasteiger partial charge < -0.3 is 39.6 Å². The van der Waals surface area contributed by atoms with E-state index in [4.69, 9.17) is 28.8 Å². The van der Waals surface area contributed by atoms with E-state index in [1.807, 2.05) is 6.07 Å². The number of urea groups is 1. The number of methoxy groups -OCH3 is 2. The van der Waals surface area contributed by atoms with Crippen molar-refractivity contribution < 1.29 is 51.2 Å². The minimum absolute atomic E-state index is 0.00903. The van der Waals surface area contributed by atoms with Crippen LogP contribution in [-0.2, 0) is 10.2 Å². The first-order valence-electron chi connectivity index (χ1n) is 13.3. The SMILES string of the molecule is COc1ccc(C23CCC(NC(=O)Nc4cc5c(cc4F)OCCO5)CC2N(C)CC3)cc1OC.O=C(O)C(F)(F)F. The summed E-state index contributed by atoms with van der Waals surface area (Å²) in [5.41, 5.74) is 1.30. The zero-order valence-electron chi connectivity index (χ0n) is 23.3. The second-order valence-corrected chi connectivity index (χ2v) is 10.3. The lowest BCUT2D eigenvalue weighted by Crippen LogP contribution is -2.52. The first-order chi connectivity index (χ1) is 19.9. The van der Waals surface area contributed by atoms with Crippen molar-refractivity contribution in [1.29, 1.82) is 0 Å². The highest BCUT2D eigenvalue weighted by Gasteiger charge is 2.50. The predicted octanol–water partition coefficient (Wildman–Crippen LogP) is 4.56. The number of carboxylic acids is 1. The Bertz CT molecular complexity index is 1310. The van der Waals surface area contributed by atoms with Gasteiger partial charge in [-0.15, -0.1) is 0 Å². The number of amides is 2. The van der Waals surface area contributed by atoms with Gasteiger partial charge in [0.25, 0.3) is 0 Å². The molecule has 2 fully saturated rings. The highest BCUT2D eigenvalue weighted by Crippen LogP contribution is 2.50. The zero-order valence-corrected chi connectivity index (χ0v) is 23.3. The molecule has 2 aromatic carbocycles. The van der Waals surface area contributed by atoms with E-state index in [-0.39, 0.29) is 23.2 Å². The normalized spacial score (nSPS) is 23.1. The van der Waals surface area contributed by atoms with Crippen molar-refractivity contribution in [2.75, 3.05) is 46.3 Å². The third kappa shape index (κ3) is 6.58. The van der Waals surface area contributed by atoms with E-state index < -0.39 is 24.0 Å². The Morgan fingerprint density at radius 1 is 1.05 bits per heavy atom. The molecular weight excluding hydrogens is 566 g/mol. The average molecular weight is 600 g/mol. The molecule has 3 N–H and O–H groups in total. The first-order valence-corrected chi connectivity index (χ1v) is 13.3. The number of rotatable bonds is 5. The largest absolute Gasteiger partial charge is 0.493 e. The molecule has 2 amide bonds. The van der Waals surface area contributed by atoms with Crippen LogP contribution >= 0.6 is 0 Å². The summed E-state index contributed by atoms with van der Waals surface area (Å²) in [6.07, 6.45) is -1.47. The van der Waals surface area contributed by atoms with E-state index in [0.717, 1.165) is 38.0 Å². The van der Waals surface area contributed by atoms with Crippen LogP contribution in [0.4, 0.5) is 28.0 Å². The molecule has 0 bridgehead atoms. The van der Waals surface area contributed by atoms with Gasteiger partial charge in [-0.1, -0.05) is 6.07 Å². The number of carboxylic acid groups (broad SMARTS) is 1. The molecule has 1 saturated heterocycles. The van der Waals surface area contributed by atoms with Crippen LogP contribution in [0.5, 0.6) is 23.0 Å². The fourth-order valence-electron chi connectivity index (χ4n) is 5.90. The van der Waals surface area contributed by atoms with Crippen LogP contribution in [-0.4, -0.2) is 81.3 Å². The fourth-order valence-corrected chi connectivity index (χ4v) is 5.90. The molecule has 230 valence electrons. The number of carbonyl (C=O) groups is 2. The summed E-state index contributed by atoms with van der Waals surface area (Å²) >= 11 is 0. The van der Waals surface area contributed by atoms with Crippen LogP contribution in [0.2, 0.25) is 0 Å². The quantitative estimate of drug-likeness (QED) is 0.428. The first kappa shape index (κ1) is 31.0. The van der Waals surface area contributed by atoms with Crippen LogP contribution in [0.25, 0.3) is 0 Å². The summed E-state index contributed by atoms with van der Waals surface area (Å²) in [5.74, 6) is -1.09. The lowest BCUT2D eigenvalue weighted by atomic mass is 9.65. The van der Waals surface area contributed by atoms with Crippen molar-refractivity contribution in [2.45, 2.75) is 49.4 Å². The van der Waals surface area contributed by atoms with E-state index in [1.165, 1.54) is 17.7 Å². The summed E-state index contributed by atoms with van der Waals surface area (Å²) in [6.45, 7) is 1.76. The number of aliphatic carboxylic acids is 1. The number of ether oxygens (including phenoxy) is 4. The Labute approximate surface area is 239 Å². The van der Waals surface area contributed by atoms with E-state index >= 15 is 0 Å². The second-order valence-electron chi connectivity index (χ2n) is 10.3. The number of likely N-dealkylation sites (tertiary alicyclic amines) is 1. The summed E-state index contributed by atoms with van der Waals surface area (Å²) < 4.78 is 68.1. The van der Waals surface area contributed by atoms with Gasteiger partial charge in [-0.25, -0.2) is 14.0 Å². The number of carbonyl (C=O) groups excluding carboxylic acids is 1. The summed E-state index contributed by atoms with van der Waals surface area (Å²) in [5, 5.41) is 12.8. The molecule has 5 rings (SSSR count). The molecule has 0 radical (unpaired) electrons. The molecule has 0 spiro atoms. The van der Waals surface area contributed by atoms with Gasteiger partial charge in [0.1, 0.15) is 13.2 Å². The topological polar surface area (TPSA) is 119 Å². The van der Waals surface area contributed by atoms with Crippen LogP contribution in [0.3, 0.4) is 0 Å². The number of alkyl halides is 3. The lowest BCUT2D eigenvalue weighted by Gasteiger charge is -2.45. The second kappa shape index (κ2) is 12.5. The number of nitrogens with zero attached hydrogens (tertiary/aromatic N) is 1. The standard InChI is InChI=1S/C26H32FN3O5.C2HF3O2/c1-30-9-8-26(16-4-5-20(32-2)21(12-16)33-3)7-6-17(13-24(26)30)28-25(31)29-19-15-23-22(14-18(19)27)34-10-11-35-23;3-2(4,5)1(6)7/h4-5,12,14-15,17,24H,6-11,13H2,1-3H3,(H2,28,29,31);(H,6,7). The van der Waals surface area contributed by atoms with Gasteiger partial charge >= 0.3 is 18.2 Å². The number of fused-ring (bicyclic) bond motifs is 2. The molecule has 2 aromatic rings. The highest BCUT2D eigenvalue weighted by molar-refractivity contribution is 5.90. The molecule has 1 saturated carbocycles. The molecule has 10 nitrogen and oxygen atoms in total. The van der Waals surface area contributed by atoms with Crippen molar-refractivity contribution in [2.24, 2.45) is 0 Å². The maximum Gasteiger partial charge on any atom is 0.490 e. The minimum Gasteiger partial charge on any atom is -0.493 e. The molecule has 3 aliphatic rings. The molecule has 14 heteroatoms. The number of benzene rings is 2. The van der Waals surface area contributed by atoms with Crippen molar-refractivity contribution >= 4 is 17.7 Å². The number of anilines is 1. The van der Waals surface area contributed by atoms with Gasteiger partial charge in [-0.2, -0.15) is 13.2 Å². The molecule has 3 unspecified atom stereocenters. The number of hydrogen-bond donors (Lipinski definition) is 3. The molecular formula is C28H33F4N3O7. The van der Waals surface area contributed by atoms with E-state index in [0.29, 0.717) is 30.5 Å². The Hall–Kier alpha value is -3.94. The molecule has 1 aliphatic carbocycles. The van der Waals surface area contributed by atoms with E-state index in [9.17, 15) is 22.4 Å². The summed E-state index contributed by atoms with van der Waals surface area (Å²) in [4.78, 5) is 24.0. The van der Waals surface area contributed by atoms with Crippen LogP contribution < -0.4 is 29.6 Å². The zero-order chi connectivity index (χ0) is 30.7. The van der Waals surface area contributed by atoms with Crippen LogP contribution in [0, 0.1) is 5.82 Å². The van der Waals surface area contributed by atoms with Gasteiger partial charge in [-0.3, -0.25) is 0 Å². The van der Waals surface area contributed by atoms with Crippen LogP contribution in [0.15, 0.2) is 30.3 Å². The number of halogens is 4. The molecule has 2 aliphatic heterocycles. The Balaban J connectivity index is 0.000000517.